The molecule has 3 heterocycles. The fourth-order valence-corrected chi connectivity index (χ4v) is 4.84. The highest BCUT2D eigenvalue weighted by Crippen LogP contribution is 2.39. The van der Waals surface area contributed by atoms with Crippen LogP contribution in [0.15, 0.2) is 78.7 Å². The summed E-state index contributed by atoms with van der Waals surface area (Å²) in [4.78, 5) is 26.3. The molecule has 180 valence electrons. The number of halogens is 4. The van der Waals surface area contributed by atoms with Crippen molar-refractivity contribution in [1.82, 2.24) is 15.0 Å². The summed E-state index contributed by atoms with van der Waals surface area (Å²) in [6, 6.07) is 13.3. The summed E-state index contributed by atoms with van der Waals surface area (Å²) >= 11 is 7.14. The number of carbonyl (C=O) groups is 1. The van der Waals surface area contributed by atoms with Gasteiger partial charge in [-0.3, -0.25) is 4.98 Å². The van der Waals surface area contributed by atoms with Gasteiger partial charge in [0.2, 0.25) is 0 Å². The van der Waals surface area contributed by atoms with Crippen LogP contribution in [-0.2, 0) is 6.18 Å². The number of nitrogens with zero attached hydrogens (tertiary/aromatic N) is 3. The van der Waals surface area contributed by atoms with Gasteiger partial charge in [0.05, 0.1) is 16.3 Å². The van der Waals surface area contributed by atoms with Gasteiger partial charge in [-0.2, -0.15) is 13.2 Å². The lowest BCUT2D eigenvalue weighted by atomic mass is 10.0. The first kappa shape index (κ1) is 23.7. The van der Waals surface area contributed by atoms with E-state index in [0.29, 0.717) is 11.4 Å². The summed E-state index contributed by atoms with van der Waals surface area (Å²) in [6.07, 6.45) is 0.267. The highest BCUT2D eigenvalue weighted by atomic mass is 35.5. The maximum absolute atomic E-state index is 13.1. The largest absolute Gasteiger partial charge is 0.417 e. The van der Waals surface area contributed by atoms with E-state index < -0.39 is 22.8 Å². The van der Waals surface area contributed by atoms with Gasteiger partial charge in [0, 0.05) is 45.7 Å². The van der Waals surface area contributed by atoms with Crippen LogP contribution in [-0.4, -0.2) is 21.0 Å². The summed E-state index contributed by atoms with van der Waals surface area (Å²) in [6.45, 7) is 0. The maximum Gasteiger partial charge on any atom is 0.417 e. The number of hydrogen-bond donors (Lipinski definition) is 2. The van der Waals surface area contributed by atoms with Crippen LogP contribution >= 0.6 is 22.9 Å². The van der Waals surface area contributed by atoms with Crippen molar-refractivity contribution in [3.8, 4) is 22.4 Å². The zero-order valence-electron chi connectivity index (χ0n) is 18.2. The molecule has 5 aromatic rings. The van der Waals surface area contributed by atoms with Crippen molar-refractivity contribution in [2.45, 2.75) is 6.18 Å². The molecule has 0 saturated heterocycles. The number of carbonyl (C=O) groups excluding carboxylic acids is 1. The minimum absolute atomic E-state index is 0.0434. The van der Waals surface area contributed by atoms with Crippen molar-refractivity contribution < 1.29 is 18.0 Å². The molecule has 0 bridgehead atoms. The Hall–Kier alpha value is -4.02. The first-order valence-electron chi connectivity index (χ1n) is 10.5. The maximum atomic E-state index is 13.1. The zero-order chi connectivity index (χ0) is 25.3. The predicted octanol–water partition coefficient (Wildman–Crippen LogP) is 7.74. The van der Waals surface area contributed by atoms with Crippen LogP contribution in [0, 0.1) is 0 Å². The summed E-state index contributed by atoms with van der Waals surface area (Å²) in [5, 5.41) is 7.49. The van der Waals surface area contributed by atoms with E-state index in [1.807, 2.05) is 23.6 Å². The number of alkyl halides is 3. The molecule has 36 heavy (non-hydrogen) atoms. The smallest absolute Gasteiger partial charge is 0.308 e. The van der Waals surface area contributed by atoms with Gasteiger partial charge in [-0.25, -0.2) is 14.8 Å². The van der Waals surface area contributed by atoms with Gasteiger partial charge in [-0.1, -0.05) is 23.7 Å². The van der Waals surface area contributed by atoms with Gasteiger partial charge in [-0.15, -0.1) is 11.3 Å². The molecule has 5 rings (SSSR count). The highest BCUT2D eigenvalue weighted by molar-refractivity contribution is 7.17. The molecule has 0 radical (unpaired) electrons. The third kappa shape index (κ3) is 4.86. The fourth-order valence-electron chi connectivity index (χ4n) is 3.70. The number of pyridine rings is 1. The van der Waals surface area contributed by atoms with Crippen LogP contribution in [0.25, 0.3) is 32.6 Å². The molecule has 0 spiro atoms. The molecule has 0 saturated carbocycles. The van der Waals surface area contributed by atoms with E-state index in [9.17, 15) is 18.0 Å². The van der Waals surface area contributed by atoms with Crippen LogP contribution in [0.3, 0.4) is 0 Å². The molecule has 0 aliphatic heterocycles. The van der Waals surface area contributed by atoms with Gasteiger partial charge >= 0.3 is 12.2 Å². The molecule has 0 fully saturated rings. The lowest BCUT2D eigenvalue weighted by Crippen LogP contribution is -2.20. The van der Waals surface area contributed by atoms with E-state index in [1.54, 1.807) is 30.6 Å². The Morgan fingerprint density at radius 2 is 1.67 bits per heavy atom. The molecule has 11 heteroatoms. The molecule has 2 amide bonds. The molecule has 0 atom stereocenters. The minimum atomic E-state index is -4.64. The lowest BCUT2D eigenvalue weighted by molar-refractivity contribution is -0.137. The van der Waals surface area contributed by atoms with Gasteiger partial charge < -0.3 is 10.6 Å². The van der Waals surface area contributed by atoms with E-state index in [2.05, 4.69) is 25.6 Å². The van der Waals surface area contributed by atoms with Crippen molar-refractivity contribution in [2.75, 3.05) is 10.6 Å². The van der Waals surface area contributed by atoms with Gasteiger partial charge in [-0.05, 0) is 48.0 Å². The highest BCUT2D eigenvalue weighted by Gasteiger charge is 2.33. The average Bonchev–Trinajstić information content (AvgIpc) is 3.30. The summed E-state index contributed by atoms with van der Waals surface area (Å²) in [5.74, 6) is 0. The molecule has 2 aromatic carbocycles. The topological polar surface area (TPSA) is 79.8 Å². The predicted molar refractivity (Wildman–Crippen MR) is 135 cm³/mol. The number of nitrogens with one attached hydrogen (secondary N) is 2. The van der Waals surface area contributed by atoms with Crippen molar-refractivity contribution in [3.63, 3.8) is 0 Å². The normalized spacial score (nSPS) is 11.4. The number of aromatic nitrogens is 3. The number of hydrogen-bond acceptors (Lipinski definition) is 5. The van der Waals surface area contributed by atoms with E-state index in [0.717, 1.165) is 39.0 Å². The third-order valence-electron chi connectivity index (χ3n) is 5.29. The Morgan fingerprint density at radius 3 is 2.42 bits per heavy atom. The Labute approximate surface area is 211 Å². The molecule has 2 N–H and O–H groups in total. The van der Waals surface area contributed by atoms with Crippen molar-refractivity contribution >= 4 is 50.6 Å². The van der Waals surface area contributed by atoms with Crippen LogP contribution < -0.4 is 10.6 Å². The number of anilines is 2. The van der Waals surface area contributed by atoms with Crippen molar-refractivity contribution in [3.05, 3.63) is 89.3 Å². The Balaban J connectivity index is 1.42. The number of rotatable bonds is 4. The van der Waals surface area contributed by atoms with E-state index in [1.165, 1.54) is 23.7 Å². The number of benzene rings is 2. The van der Waals surface area contributed by atoms with E-state index in [-0.39, 0.29) is 5.69 Å². The molecular formula is C25H15ClF3N5OS. The van der Waals surface area contributed by atoms with Gasteiger partial charge in [0.15, 0.2) is 0 Å². The van der Waals surface area contributed by atoms with Gasteiger partial charge in [0.25, 0.3) is 0 Å². The monoisotopic (exact) mass is 525 g/mol. The second kappa shape index (κ2) is 9.56. The van der Waals surface area contributed by atoms with Gasteiger partial charge in [0.1, 0.15) is 11.2 Å². The Morgan fingerprint density at radius 1 is 0.917 bits per heavy atom. The fraction of sp³-hybridized carbons (Fsp3) is 0.0400. The Kier molecular flexibility index (Phi) is 6.29. The SMILES string of the molecule is O=C(Nc1cccc(-c2ncnc3scc(-c4ccncc4)c23)c1)Nc1ccc(Cl)c(C(F)(F)F)c1. The average molecular weight is 526 g/mol. The lowest BCUT2D eigenvalue weighted by Gasteiger charge is -2.13. The molecule has 6 nitrogen and oxygen atoms in total. The minimum Gasteiger partial charge on any atom is -0.308 e. The Bertz CT molecular complexity index is 1570. The summed E-state index contributed by atoms with van der Waals surface area (Å²) in [5.41, 5.74) is 2.72. The summed E-state index contributed by atoms with van der Waals surface area (Å²) < 4.78 is 39.4. The van der Waals surface area contributed by atoms with Crippen LogP contribution in [0.4, 0.5) is 29.3 Å². The number of thiophene rings is 1. The first-order valence-corrected chi connectivity index (χ1v) is 11.7. The third-order valence-corrected chi connectivity index (χ3v) is 6.50. The second-order valence-corrected chi connectivity index (χ2v) is 8.91. The molecule has 0 aliphatic carbocycles. The number of urea groups is 1. The molecule has 0 aliphatic rings. The molecular weight excluding hydrogens is 511 g/mol. The number of amides is 2. The first-order chi connectivity index (χ1) is 17.3. The van der Waals surface area contributed by atoms with Crippen LogP contribution in [0.2, 0.25) is 5.02 Å². The van der Waals surface area contributed by atoms with Crippen molar-refractivity contribution in [2.24, 2.45) is 0 Å². The van der Waals surface area contributed by atoms with Crippen LogP contribution in [0.1, 0.15) is 5.56 Å². The van der Waals surface area contributed by atoms with E-state index >= 15 is 0 Å². The van der Waals surface area contributed by atoms with Crippen molar-refractivity contribution in [1.29, 1.82) is 0 Å². The number of fused-ring (bicyclic) bond motifs is 1. The standard InChI is InChI=1S/C25H15ClF3N5OS/c26-20-5-4-17(11-19(20)25(27,28)29)34-24(35)33-16-3-1-2-15(10-16)22-21-18(14-6-8-30-9-7-14)12-36-23(21)32-13-31-22/h1-13H,(H2,33,34,35). The molecule has 0 unspecified atom stereocenters. The zero-order valence-corrected chi connectivity index (χ0v) is 19.7. The summed E-state index contributed by atoms with van der Waals surface area (Å²) in [7, 11) is 0. The quantitative estimate of drug-likeness (QED) is 0.251. The molecule has 3 aromatic heterocycles. The van der Waals surface area contributed by atoms with E-state index in [4.69, 9.17) is 11.6 Å². The van der Waals surface area contributed by atoms with Crippen LogP contribution in [0.5, 0.6) is 0 Å². The second-order valence-electron chi connectivity index (χ2n) is 7.64.